The van der Waals surface area contributed by atoms with Gasteiger partial charge in [0.05, 0.1) is 23.1 Å². The summed E-state index contributed by atoms with van der Waals surface area (Å²) in [6.45, 7) is 2.13. The number of nitrogens with zero attached hydrogens (tertiary/aromatic N) is 2. The first kappa shape index (κ1) is 15.3. The van der Waals surface area contributed by atoms with Crippen LogP contribution in [0.15, 0.2) is 24.3 Å². The molecule has 0 aliphatic carbocycles. The molecule has 3 rings (SSSR count). The van der Waals surface area contributed by atoms with Gasteiger partial charge in [0.2, 0.25) is 5.91 Å². The Kier molecular flexibility index (Phi) is 4.08. The standard InChI is InChI=1S/C15H19FN2O3S/c16-13-3-1-2-4-14(13)17-6-8-18(9-7-17)15(19)12-5-10-22(20,21)11-12/h1-4,12H,5-11H2. The van der Waals surface area contributed by atoms with Gasteiger partial charge < -0.3 is 9.80 Å². The van der Waals surface area contributed by atoms with Crippen LogP contribution >= 0.6 is 0 Å². The van der Waals surface area contributed by atoms with Gasteiger partial charge in [0, 0.05) is 26.2 Å². The quantitative estimate of drug-likeness (QED) is 0.811. The number of rotatable bonds is 2. The van der Waals surface area contributed by atoms with Gasteiger partial charge in [-0.1, -0.05) is 12.1 Å². The Labute approximate surface area is 129 Å². The highest BCUT2D eigenvalue weighted by atomic mass is 32.2. The van der Waals surface area contributed by atoms with Crippen LogP contribution in [0, 0.1) is 11.7 Å². The molecular formula is C15H19FN2O3S. The van der Waals surface area contributed by atoms with E-state index in [4.69, 9.17) is 0 Å². The van der Waals surface area contributed by atoms with Gasteiger partial charge in [-0.05, 0) is 18.6 Å². The Bertz CT molecular complexity index is 669. The third kappa shape index (κ3) is 3.09. The second kappa shape index (κ2) is 5.87. The Morgan fingerprint density at radius 1 is 1.14 bits per heavy atom. The van der Waals surface area contributed by atoms with E-state index in [0.29, 0.717) is 38.3 Å². The van der Waals surface area contributed by atoms with Crippen LogP contribution in [0.4, 0.5) is 10.1 Å². The van der Waals surface area contributed by atoms with Crippen LogP contribution in [0.1, 0.15) is 6.42 Å². The largest absolute Gasteiger partial charge is 0.366 e. The van der Waals surface area contributed by atoms with E-state index >= 15 is 0 Å². The van der Waals surface area contributed by atoms with E-state index in [1.54, 1.807) is 23.1 Å². The van der Waals surface area contributed by atoms with Crippen LogP contribution < -0.4 is 4.90 Å². The lowest BCUT2D eigenvalue weighted by Gasteiger charge is -2.37. The maximum Gasteiger partial charge on any atom is 0.226 e. The summed E-state index contributed by atoms with van der Waals surface area (Å²) < 4.78 is 36.7. The molecule has 2 aliphatic heterocycles. The van der Waals surface area contributed by atoms with Gasteiger partial charge in [0.15, 0.2) is 9.84 Å². The van der Waals surface area contributed by atoms with Crippen molar-refractivity contribution >= 4 is 21.4 Å². The first-order valence-corrected chi connectivity index (χ1v) is 9.27. The first-order chi connectivity index (χ1) is 10.5. The van der Waals surface area contributed by atoms with E-state index in [2.05, 4.69) is 0 Å². The fourth-order valence-electron chi connectivity index (χ4n) is 3.12. The molecule has 1 aromatic rings. The average molecular weight is 326 g/mol. The lowest BCUT2D eigenvalue weighted by Crippen LogP contribution is -2.50. The number of halogens is 1. The van der Waals surface area contributed by atoms with Crippen molar-refractivity contribution < 1.29 is 17.6 Å². The Morgan fingerprint density at radius 2 is 1.82 bits per heavy atom. The average Bonchev–Trinajstić information content (AvgIpc) is 2.87. The van der Waals surface area contributed by atoms with Gasteiger partial charge in [-0.3, -0.25) is 4.79 Å². The van der Waals surface area contributed by atoms with Gasteiger partial charge >= 0.3 is 0 Å². The molecule has 2 fully saturated rings. The van der Waals surface area contributed by atoms with Gasteiger partial charge in [0.1, 0.15) is 5.82 Å². The molecule has 0 radical (unpaired) electrons. The molecule has 1 unspecified atom stereocenters. The minimum atomic E-state index is -3.05. The number of carbonyl (C=O) groups is 1. The summed E-state index contributed by atoms with van der Waals surface area (Å²) >= 11 is 0. The summed E-state index contributed by atoms with van der Waals surface area (Å²) in [6.07, 6.45) is 0.425. The Hall–Kier alpha value is -1.63. The molecule has 1 atom stereocenters. The van der Waals surface area contributed by atoms with Crippen molar-refractivity contribution in [3.63, 3.8) is 0 Å². The summed E-state index contributed by atoms with van der Waals surface area (Å²) in [5, 5.41) is 0. The number of piperazine rings is 1. The number of sulfone groups is 1. The third-order valence-electron chi connectivity index (χ3n) is 4.37. The van der Waals surface area contributed by atoms with Crippen molar-refractivity contribution in [2.75, 3.05) is 42.6 Å². The van der Waals surface area contributed by atoms with Crippen molar-refractivity contribution in [2.45, 2.75) is 6.42 Å². The summed E-state index contributed by atoms with van der Waals surface area (Å²) in [7, 11) is -3.05. The molecule has 5 nitrogen and oxygen atoms in total. The maximum atomic E-state index is 13.8. The van der Waals surface area contributed by atoms with Crippen molar-refractivity contribution in [3.8, 4) is 0 Å². The van der Waals surface area contributed by atoms with Gasteiger partial charge in [-0.25, -0.2) is 12.8 Å². The maximum absolute atomic E-state index is 13.8. The molecule has 2 heterocycles. The van der Waals surface area contributed by atoms with Crippen LogP contribution in [-0.2, 0) is 14.6 Å². The molecular weight excluding hydrogens is 307 g/mol. The predicted molar refractivity (Wildman–Crippen MR) is 82.0 cm³/mol. The van der Waals surface area contributed by atoms with Gasteiger partial charge in [0.25, 0.3) is 0 Å². The molecule has 0 aromatic heterocycles. The van der Waals surface area contributed by atoms with E-state index < -0.39 is 15.8 Å². The molecule has 1 aromatic carbocycles. The lowest BCUT2D eigenvalue weighted by molar-refractivity contribution is -0.135. The molecule has 22 heavy (non-hydrogen) atoms. The van der Waals surface area contributed by atoms with Gasteiger partial charge in [-0.15, -0.1) is 0 Å². The molecule has 1 amide bonds. The molecule has 0 bridgehead atoms. The van der Waals surface area contributed by atoms with E-state index in [9.17, 15) is 17.6 Å². The zero-order valence-corrected chi connectivity index (χ0v) is 13.1. The fourth-order valence-corrected chi connectivity index (χ4v) is 4.86. The first-order valence-electron chi connectivity index (χ1n) is 7.45. The van der Waals surface area contributed by atoms with Crippen molar-refractivity contribution in [1.29, 1.82) is 0 Å². The highest BCUT2D eigenvalue weighted by Crippen LogP contribution is 2.23. The smallest absolute Gasteiger partial charge is 0.226 e. The summed E-state index contributed by atoms with van der Waals surface area (Å²) in [5.74, 6) is -0.652. The Balaban J connectivity index is 1.60. The number of hydrogen-bond acceptors (Lipinski definition) is 4. The molecule has 7 heteroatoms. The van der Waals surface area contributed by atoms with Crippen molar-refractivity contribution in [3.05, 3.63) is 30.1 Å². The van der Waals surface area contributed by atoms with Crippen LogP contribution in [0.5, 0.6) is 0 Å². The van der Waals surface area contributed by atoms with Crippen LogP contribution in [-0.4, -0.2) is 56.9 Å². The Morgan fingerprint density at radius 3 is 2.41 bits per heavy atom. The molecule has 0 saturated carbocycles. The van der Waals surface area contributed by atoms with E-state index in [1.165, 1.54) is 6.07 Å². The minimum absolute atomic E-state index is 0.0284. The van der Waals surface area contributed by atoms with E-state index in [-0.39, 0.29) is 23.2 Å². The lowest BCUT2D eigenvalue weighted by atomic mass is 10.1. The number of amides is 1. The zero-order chi connectivity index (χ0) is 15.7. The van der Waals surface area contributed by atoms with E-state index in [1.807, 2.05) is 4.90 Å². The zero-order valence-electron chi connectivity index (χ0n) is 12.2. The molecule has 2 saturated heterocycles. The molecule has 0 N–H and O–H groups in total. The van der Waals surface area contributed by atoms with Crippen LogP contribution in [0.25, 0.3) is 0 Å². The molecule has 0 spiro atoms. The van der Waals surface area contributed by atoms with Crippen LogP contribution in [0.3, 0.4) is 0 Å². The summed E-state index contributed by atoms with van der Waals surface area (Å²) in [4.78, 5) is 16.0. The number of benzene rings is 1. The number of anilines is 1. The predicted octanol–water partition coefficient (Wildman–Crippen LogP) is 0.909. The number of para-hydroxylation sites is 1. The fraction of sp³-hybridized carbons (Fsp3) is 0.533. The van der Waals surface area contributed by atoms with Crippen LogP contribution in [0.2, 0.25) is 0 Å². The highest BCUT2D eigenvalue weighted by molar-refractivity contribution is 7.91. The second-order valence-electron chi connectivity index (χ2n) is 5.86. The monoisotopic (exact) mass is 326 g/mol. The second-order valence-corrected chi connectivity index (χ2v) is 8.09. The SMILES string of the molecule is O=C(C1CCS(=O)(=O)C1)N1CCN(c2ccccc2F)CC1. The van der Waals surface area contributed by atoms with E-state index in [0.717, 1.165) is 0 Å². The molecule has 2 aliphatic rings. The van der Waals surface area contributed by atoms with Gasteiger partial charge in [-0.2, -0.15) is 0 Å². The van der Waals surface area contributed by atoms with Crippen molar-refractivity contribution in [1.82, 2.24) is 4.90 Å². The third-order valence-corrected chi connectivity index (χ3v) is 6.13. The normalized spacial score (nSPS) is 24.5. The number of carbonyl (C=O) groups excluding carboxylic acids is 1. The molecule has 120 valence electrons. The topological polar surface area (TPSA) is 57.7 Å². The van der Waals surface area contributed by atoms with Crippen molar-refractivity contribution in [2.24, 2.45) is 5.92 Å². The number of hydrogen-bond donors (Lipinski definition) is 0. The highest BCUT2D eigenvalue weighted by Gasteiger charge is 2.36. The summed E-state index contributed by atoms with van der Waals surface area (Å²) in [5.41, 5.74) is 0.554. The summed E-state index contributed by atoms with van der Waals surface area (Å²) in [6, 6.07) is 6.60. The minimum Gasteiger partial charge on any atom is -0.366 e.